The van der Waals surface area contributed by atoms with Gasteiger partial charge in [0.2, 0.25) is 5.91 Å². The van der Waals surface area contributed by atoms with E-state index >= 15 is 0 Å². The molecule has 0 saturated heterocycles. The minimum atomic E-state index is -0.390. The molecule has 1 rings (SSSR count). The number of nitrogens with two attached hydrogens (primary N) is 1. The van der Waals surface area contributed by atoms with E-state index in [0.29, 0.717) is 10.6 Å². The van der Waals surface area contributed by atoms with Crippen molar-refractivity contribution in [2.24, 2.45) is 0 Å². The van der Waals surface area contributed by atoms with Gasteiger partial charge in [-0.05, 0) is 39.0 Å². The smallest absolute Gasteiger partial charge is 0.233 e. The molecule has 3 N–H and O–H groups in total. The number of benzene rings is 1. The minimum Gasteiger partial charge on any atom is -0.399 e. The van der Waals surface area contributed by atoms with Gasteiger partial charge in [-0.2, -0.15) is 0 Å². The topological polar surface area (TPSA) is 55.1 Å². The lowest BCUT2D eigenvalue weighted by Gasteiger charge is -2.14. The molecule has 1 amide bonds. The van der Waals surface area contributed by atoms with Crippen molar-refractivity contribution in [3.05, 3.63) is 24.0 Å². The average Bonchev–Trinajstić information content (AvgIpc) is 2.21. The number of hydrogen-bond donors (Lipinski definition) is 2. The molecular formula is C12H17FN2OS. The van der Waals surface area contributed by atoms with Crippen molar-refractivity contribution < 1.29 is 9.18 Å². The standard InChI is InChI=1S/C12H17FN2OS/c1-7(2)15-12(16)8(3)17-11-5-4-9(14)6-10(11)13/h4-8H,14H2,1-3H3,(H,15,16). The molecule has 0 bridgehead atoms. The monoisotopic (exact) mass is 256 g/mol. The third-order valence-electron chi connectivity index (χ3n) is 2.06. The normalized spacial score (nSPS) is 12.5. The van der Waals surface area contributed by atoms with Gasteiger partial charge in [-0.1, -0.05) is 0 Å². The Morgan fingerprint density at radius 1 is 1.41 bits per heavy atom. The van der Waals surface area contributed by atoms with Crippen molar-refractivity contribution in [2.45, 2.75) is 37.0 Å². The number of nitrogen functional groups attached to an aromatic ring is 1. The van der Waals surface area contributed by atoms with Gasteiger partial charge in [0.05, 0.1) is 5.25 Å². The second-order valence-corrected chi connectivity index (χ2v) is 5.50. The minimum absolute atomic E-state index is 0.0850. The molecule has 94 valence electrons. The summed E-state index contributed by atoms with van der Waals surface area (Å²) in [5, 5.41) is 2.45. The summed E-state index contributed by atoms with van der Waals surface area (Å²) in [5.74, 6) is -0.486. The number of carbonyl (C=O) groups is 1. The predicted octanol–water partition coefficient (Wildman–Crippen LogP) is 2.41. The molecule has 1 atom stereocenters. The highest BCUT2D eigenvalue weighted by molar-refractivity contribution is 8.00. The lowest BCUT2D eigenvalue weighted by Crippen LogP contribution is -2.35. The molecule has 0 fully saturated rings. The highest BCUT2D eigenvalue weighted by Gasteiger charge is 2.16. The first-order valence-electron chi connectivity index (χ1n) is 5.42. The van der Waals surface area contributed by atoms with E-state index in [2.05, 4.69) is 5.32 Å². The number of thioether (sulfide) groups is 1. The molecule has 0 aromatic heterocycles. The van der Waals surface area contributed by atoms with E-state index in [1.165, 1.54) is 17.8 Å². The van der Waals surface area contributed by atoms with Crippen molar-refractivity contribution in [3.63, 3.8) is 0 Å². The quantitative estimate of drug-likeness (QED) is 0.642. The number of hydrogen-bond acceptors (Lipinski definition) is 3. The SMILES string of the molecule is CC(C)NC(=O)C(C)Sc1ccc(N)cc1F. The number of anilines is 1. The Kier molecular flexibility index (Phi) is 4.81. The first-order valence-corrected chi connectivity index (χ1v) is 6.30. The van der Waals surface area contributed by atoms with Crippen LogP contribution in [0, 0.1) is 5.82 Å². The maximum absolute atomic E-state index is 13.5. The third-order valence-corrected chi connectivity index (χ3v) is 3.21. The van der Waals surface area contributed by atoms with E-state index in [1.807, 2.05) is 13.8 Å². The first kappa shape index (κ1) is 13.8. The van der Waals surface area contributed by atoms with Crippen molar-refractivity contribution in [3.8, 4) is 0 Å². The molecule has 3 nitrogen and oxygen atoms in total. The lowest BCUT2D eigenvalue weighted by molar-refractivity contribution is -0.120. The van der Waals surface area contributed by atoms with Gasteiger partial charge in [-0.15, -0.1) is 11.8 Å². The fraction of sp³-hybridized carbons (Fsp3) is 0.417. The molecule has 1 unspecified atom stereocenters. The third kappa shape index (κ3) is 4.26. The van der Waals surface area contributed by atoms with Crippen LogP contribution in [0.2, 0.25) is 0 Å². The zero-order valence-corrected chi connectivity index (χ0v) is 11.0. The van der Waals surface area contributed by atoms with Crippen LogP contribution in [0.3, 0.4) is 0 Å². The number of halogens is 1. The molecule has 0 heterocycles. The van der Waals surface area contributed by atoms with Crippen LogP contribution in [0.15, 0.2) is 23.1 Å². The average molecular weight is 256 g/mol. The van der Waals surface area contributed by atoms with E-state index in [0.717, 1.165) is 0 Å². The van der Waals surface area contributed by atoms with Gasteiger partial charge < -0.3 is 11.1 Å². The van der Waals surface area contributed by atoms with Crippen LogP contribution >= 0.6 is 11.8 Å². The zero-order chi connectivity index (χ0) is 13.0. The summed E-state index contributed by atoms with van der Waals surface area (Å²) < 4.78 is 13.5. The Morgan fingerprint density at radius 2 is 2.06 bits per heavy atom. The van der Waals surface area contributed by atoms with Crippen LogP contribution < -0.4 is 11.1 Å². The molecule has 1 aromatic carbocycles. The Balaban J connectivity index is 2.67. The van der Waals surface area contributed by atoms with Crippen LogP contribution in [0.4, 0.5) is 10.1 Å². The van der Waals surface area contributed by atoms with Gasteiger partial charge in [-0.25, -0.2) is 4.39 Å². The van der Waals surface area contributed by atoms with Gasteiger partial charge in [0.1, 0.15) is 5.82 Å². The van der Waals surface area contributed by atoms with Gasteiger partial charge in [0.15, 0.2) is 0 Å². The Bertz CT molecular complexity index is 409. The Labute approximate surface area is 105 Å². The Hall–Kier alpha value is -1.23. The van der Waals surface area contributed by atoms with Crippen molar-refractivity contribution in [1.82, 2.24) is 5.32 Å². The number of nitrogens with one attached hydrogen (secondary N) is 1. The van der Waals surface area contributed by atoms with Crippen LogP contribution in [0.1, 0.15) is 20.8 Å². The number of rotatable bonds is 4. The van der Waals surface area contributed by atoms with Crippen LogP contribution in [-0.2, 0) is 4.79 Å². The summed E-state index contributed by atoms with van der Waals surface area (Å²) in [6.07, 6.45) is 0. The molecule has 0 saturated carbocycles. The number of amides is 1. The van der Waals surface area contributed by atoms with Crippen LogP contribution in [-0.4, -0.2) is 17.2 Å². The summed E-state index contributed by atoms with van der Waals surface area (Å²) in [5.41, 5.74) is 5.84. The maximum Gasteiger partial charge on any atom is 0.233 e. The van der Waals surface area contributed by atoms with Crippen LogP contribution in [0.5, 0.6) is 0 Å². The molecular weight excluding hydrogens is 239 g/mol. The van der Waals surface area contributed by atoms with E-state index < -0.39 is 0 Å². The van der Waals surface area contributed by atoms with Gasteiger partial charge in [-0.3, -0.25) is 4.79 Å². The fourth-order valence-corrected chi connectivity index (χ4v) is 2.13. The maximum atomic E-state index is 13.5. The summed E-state index contributed by atoms with van der Waals surface area (Å²) >= 11 is 1.19. The molecule has 0 aliphatic rings. The van der Waals surface area contributed by atoms with Gasteiger partial charge in [0, 0.05) is 16.6 Å². The molecule has 0 aliphatic carbocycles. The highest BCUT2D eigenvalue weighted by Crippen LogP contribution is 2.27. The highest BCUT2D eigenvalue weighted by atomic mass is 32.2. The summed E-state index contributed by atoms with van der Waals surface area (Å²) in [4.78, 5) is 12.1. The van der Waals surface area contributed by atoms with E-state index in [1.54, 1.807) is 19.1 Å². The fourth-order valence-electron chi connectivity index (χ4n) is 1.26. The molecule has 0 aliphatic heterocycles. The molecule has 0 spiro atoms. The molecule has 17 heavy (non-hydrogen) atoms. The van der Waals surface area contributed by atoms with Crippen LogP contribution in [0.25, 0.3) is 0 Å². The molecule has 1 aromatic rings. The van der Waals surface area contributed by atoms with E-state index in [-0.39, 0.29) is 23.0 Å². The molecule has 5 heteroatoms. The van der Waals surface area contributed by atoms with E-state index in [9.17, 15) is 9.18 Å². The van der Waals surface area contributed by atoms with Crippen molar-refractivity contribution >= 4 is 23.4 Å². The number of carbonyl (C=O) groups excluding carboxylic acids is 1. The van der Waals surface area contributed by atoms with E-state index in [4.69, 9.17) is 5.73 Å². The predicted molar refractivity (Wildman–Crippen MR) is 69.4 cm³/mol. The molecule has 0 radical (unpaired) electrons. The summed E-state index contributed by atoms with van der Waals surface area (Å²) in [7, 11) is 0. The Morgan fingerprint density at radius 3 is 2.59 bits per heavy atom. The second-order valence-electron chi connectivity index (χ2n) is 4.11. The van der Waals surface area contributed by atoms with Gasteiger partial charge >= 0.3 is 0 Å². The summed E-state index contributed by atoms with van der Waals surface area (Å²) in [6.45, 7) is 5.52. The van der Waals surface area contributed by atoms with Crippen molar-refractivity contribution in [1.29, 1.82) is 0 Å². The lowest BCUT2D eigenvalue weighted by atomic mass is 10.3. The largest absolute Gasteiger partial charge is 0.399 e. The second kappa shape index (κ2) is 5.91. The van der Waals surface area contributed by atoms with Crippen molar-refractivity contribution in [2.75, 3.05) is 5.73 Å². The van der Waals surface area contributed by atoms with Gasteiger partial charge in [0.25, 0.3) is 0 Å². The zero-order valence-electron chi connectivity index (χ0n) is 10.2. The summed E-state index contributed by atoms with van der Waals surface area (Å²) in [6, 6.07) is 4.56. The first-order chi connectivity index (χ1) is 7.90.